The summed E-state index contributed by atoms with van der Waals surface area (Å²) in [5, 5.41) is 11.7. The molecule has 2 rings (SSSR count). The van der Waals surface area contributed by atoms with Crippen LogP contribution in [0.15, 0.2) is 46.9 Å². The van der Waals surface area contributed by atoms with Gasteiger partial charge in [0.15, 0.2) is 5.76 Å². The minimum absolute atomic E-state index is 0.212. The molecular weight excluding hydrogens is 228 g/mol. The van der Waals surface area contributed by atoms with E-state index < -0.39 is 11.9 Å². The van der Waals surface area contributed by atoms with Gasteiger partial charge in [-0.2, -0.15) is 5.26 Å². The molecule has 1 amide bonds. The highest BCUT2D eigenvalue weighted by atomic mass is 16.3. The molecule has 0 radical (unpaired) electrons. The van der Waals surface area contributed by atoms with Gasteiger partial charge in [-0.15, -0.1) is 0 Å². The van der Waals surface area contributed by atoms with Crippen LogP contribution in [0.25, 0.3) is 0 Å². The van der Waals surface area contributed by atoms with Crippen molar-refractivity contribution in [2.75, 3.05) is 0 Å². The van der Waals surface area contributed by atoms with E-state index in [-0.39, 0.29) is 5.76 Å². The van der Waals surface area contributed by atoms with Crippen LogP contribution in [0, 0.1) is 18.3 Å². The highest BCUT2D eigenvalue weighted by molar-refractivity contribution is 5.92. The van der Waals surface area contributed by atoms with E-state index in [0.29, 0.717) is 5.76 Å². The molecule has 1 atom stereocenters. The van der Waals surface area contributed by atoms with Crippen LogP contribution in [0.1, 0.15) is 27.9 Å². The number of benzene rings is 1. The van der Waals surface area contributed by atoms with Crippen LogP contribution in [0.2, 0.25) is 0 Å². The first kappa shape index (κ1) is 11.9. The van der Waals surface area contributed by atoms with Gasteiger partial charge in [-0.25, -0.2) is 0 Å². The average molecular weight is 240 g/mol. The molecule has 4 heteroatoms. The lowest BCUT2D eigenvalue weighted by atomic mass is 10.1. The molecule has 1 unspecified atom stereocenters. The zero-order valence-corrected chi connectivity index (χ0v) is 9.88. The summed E-state index contributed by atoms with van der Waals surface area (Å²) in [4.78, 5) is 11.8. The number of nitriles is 1. The summed E-state index contributed by atoms with van der Waals surface area (Å²) in [6.07, 6.45) is 0. The molecule has 0 saturated heterocycles. The fourth-order valence-electron chi connectivity index (χ4n) is 1.59. The molecule has 4 nitrogen and oxygen atoms in total. The number of aryl methyl sites for hydroxylation is 1. The zero-order chi connectivity index (χ0) is 13.0. The van der Waals surface area contributed by atoms with Crippen molar-refractivity contribution in [2.45, 2.75) is 13.0 Å². The van der Waals surface area contributed by atoms with Gasteiger partial charge in [0.2, 0.25) is 0 Å². The maximum absolute atomic E-state index is 11.8. The monoisotopic (exact) mass is 240 g/mol. The van der Waals surface area contributed by atoms with Crippen molar-refractivity contribution in [3.63, 3.8) is 0 Å². The van der Waals surface area contributed by atoms with Crippen LogP contribution in [0.4, 0.5) is 0 Å². The Labute approximate surface area is 105 Å². The molecule has 0 saturated carbocycles. The Morgan fingerprint density at radius 1 is 1.28 bits per heavy atom. The molecule has 1 N–H and O–H groups in total. The highest BCUT2D eigenvalue weighted by Gasteiger charge is 2.16. The molecule has 0 aliphatic carbocycles. The van der Waals surface area contributed by atoms with Crippen molar-refractivity contribution >= 4 is 5.91 Å². The van der Waals surface area contributed by atoms with Crippen molar-refractivity contribution in [1.82, 2.24) is 5.32 Å². The number of carbonyl (C=O) groups excluding carboxylic acids is 1. The van der Waals surface area contributed by atoms with Crippen LogP contribution in [0.5, 0.6) is 0 Å². The molecule has 1 heterocycles. The fraction of sp³-hybridized carbons (Fsp3) is 0.143. The lowest BCUT2D eigenvalue weighted by Gasteiger charge is -2.10. The van der Waals surface area contributed by atoms with Crippen molar-refractivity contribution < 1.29 is 9.21 Å². The van der Waals surface area contributed by atoms with Crippen LogP contribution in [0.3, 0.4) is 0 Å². The van der Waals surface area contributed by atoms with E-state index >= 15 is 0 Å². The van der Waals surface area contributed by atoms with Crippen molar-refractivity contribution in [2.24, 2.45) is 0 Å². The average Bonchev–Trinajstić information content (AvgIpc) is 2.83. The summed E-state index contributed by atoms with van der Waals surface area (Å²) < 4.78 is 5.21. The van der Waals surface area contributed by atoms with Gasteiger partial charge in [-0.05, 0) is 24.6 Å². The summed E-state index contributed by atoms with van der Waals surface area (Å²) in [6.45, 7) is 1.76. The number of hydrogen-bond acceptors (Lipinski definition) is 3. The SMILES string of the molecule is Cc1ccc(C(=O)NC(C#N)c2ccccc2)o1. The topological polar surface area (TPSA) is 66.0 Å². The Morgan fingerprint density at radius 3 is 2.56 bits per heavy atom. The standard InChI is InChI=1S/C14H12N2O2/c1-10-7-8-13(18-10)14(17)16-12(9-15)11-5-3-2-4-6-11/h2-8,12H,1H3,(H,16,17). The summed E-state index contributed by atoms with van der Waals surface area (Å²) in [6, 6.07) is 13.8. The van der Waals surface area contributed by atoms with E-state index in [4.69, 9.17) is 9.68 Å². The second-order valence-corrected chi connectivity index (χ2v) is 3.86. The smallest absolute Gasteiger partial charge is 0.288 e. The molecule has 0 aliphatic heterocycles. The normalized spacial score (nSPS) is 11.6. The van der Waals surface area contributed by atoms with Crippen LogP contribution < -0.4 is 5.32 Å². The van der Waals surface area contributed by atoms with E-state index in [0.717, 1.165) is 5.56 Å². The Kier molecular flexibility index (Phi) is 3.44. The highest BCUT2D eigenvalue weighted by Crippen LogP contribution is 2.13. The van der Waals surface area contributed by atoms with Crippen LogP contribution in [-0.2, 0) is 0 Å². The molecule has 18 heavy (non-hydrogen) atoms. The quantitative estimate of drug-likeness (QED) is 0.896. The molecular formula is C14H12N2O2. The van der Waals surface area contributed by atoms with Gasteiger partial charge in [0.25, 0.3) is 5.91 Å². The number of carbonyl (C=O) groups is 1. The molecule has 0 fully saturated rings. The largest absolute Gasteiger partial charge is 0.456 e. The Balaban J connectivity index is 2.13. The van der Waals surface area contributed by atoms with Gasteiger partial charge in [0.05, 0.1) is 6.07 Å². The fourth-order valence-corrected chi connectivity index (χ4v) is 1.59. The number of nitrogens with zero attached hydrogens (tertiary/aromatic N) is 1. The lowest BCUT2D eigenvalue weighted by molar-refractivity contribution is 0.0916. The first-order valence-corrected chi connectivity index (χ1v) is 5.52. The van der Waals surface area contributed by atoms with E-state index in [1.165, 1.54) is 0 Å². The first-order chi connectivity index (χ1) is 8.70. The molecule has 90 valence electrons. The van der Waals surface area contributed by atoms with Crippen LogP contribution in [-0.4, -0.2) is 5.91 Å². The third-order valence-electron chi connectivity index (χ3n) is 2.50. The van der Waals surface area contributed by atoms with E-state index in [1.54, 1.807) is 31.2 Å². The first-order valence-electron chi connectivity index (χ1n) is 5.52. The maximum Gasteiger partial charge on any atom is 0.288 e. The van der Waals surface area contributed by atoms with E-state index in [1.807, 2.05) is 18.2 Å². The number of rotatable bonds is 3. The third-order valence-corrected chi connectivity index (χ3v) is 2.50. The summed E-state index contributed by atoms with van der Waals surface area (Å²) in [5.74, 6) is 0.482. The van der Waals surface area contributed by atoms with Crippen molar-refractivity contribution in [3.8, 4) is 6.07 Å². The minimum Gasteiger partial charge on any atom is -0.456 e. The molecule has 0 bridgehead atoms. The van der Waals surface area contributed by atoms with Gasteiger partial charge in [0, 0.05) is 0 Å². The predicted octanol–water partition coefficient (Wildman–Crippen LogP) is 2.58. The lowest BCUT2D eigenvalue weighted by Crippen LogP contribution is -2.27. The Bertz CT molecular complexity index is 581. The number of furan rings is 1. The number of nitrogens with one attached hydrogen (secondary N) is 1. The van der Waals surface area contributed by atoms with Gasteiger partial charge in [0.1, 0.15) is 11.8 Å². The molecule has 1 aromatic carbocycles. The van der Waals surface area contributed by atoms with Gasteiger partial charge in [-0.1, -0.05) is 30.3 Å². The second-order valence-electron chi connectivity index (χ2n) is 3.86. The van der Waals surface area contributed by atoms with Gasteiger partial charge >= 0.3 is 0 Å². The maximum atomic E-state index is 11.8. The van der Waals surface area contributed by atoms with Crippen LogP contribution >= 0.6 is 0 Å². The third kappa shape index (κ3) is 2.58. The molecule has 2 aromatic rings. The summed E-state index contributed by atoms with van der Waals surface area (Å²) in [7, 11) is 0. The molecule has 0 spiro atoms. The van der Waals surface area contributed by atoms with Gasteiger partial charge < -0.3 is 9.73 Å². The Hall–Kier alpha value is -2.54. The number of hydrogen-bond donors (Lipinski definition) is 1. The van der Waals surface area contributed by atoms with Gasteiger partial charge in [-0.3, -0.25) is 4.79 Å². The minimum atomic E-state index is -0.677. The predicted molar refractivity (Wildman–Crippen MR) is 65.7 cm³/mol. The Morgan fingerprint density at radius 2 is 2.00 bits per heavy atom. The molecule has 1 aromatic heterocycles. The zero-order valence-electron chi connectivity index (χ0n) is 9.88. The van der Waals surface area contributed by atoms with Crippen molar-refractivity contribution in [3.05, 3.63) is 59.5 Å². The summed E-state index contributed by atoms with van der Waals surface area (Å²) >= 11 is 0. The molecule has 0 aliphatic rings. The summed E-state index contributed by atoms with van der Waals surface area (Å²) in [5.41, 5.74) is 0.747. The van der Waals surface area contributed by atoms with Crippen molar-refractivity contribution in [1.29, 1.82) is 5.26 Å². The van der Waals surface area contributed by atoms with E-state index in [2.05, 4.69) is 11.4 Å². The second kappa shape index (κ2) is 5.19. The number of amides is 1. The van der Waals surface area contributed by atoms with E-state index in [9.17, 15) is 4.79 Å².